The zero-order chi connectivity index (χ0) is 22.1. The fourth-order valence-electron chi connectivity index (χ4n) is 4.19. The molecule has 0 radical (unpaired) electrons. The van der Waals surface area contributed by atoms with Crippen LogP contribution in [0, 0.1) is 6.92 Å². The number of hydrogen-bond donors (Lipinski definition) is 2. The van der Waals surface area contributed by atoms with E-state index in [2.05, 4.69) is 54.5 Å². The molecule has 172 valence electrons. The molecule has 0 saturated carbocycles. The Labute approximate surface area is 186 Å². The number of hydrogen-bond acceptors (Lipinski definition) is 4. The lowest BCUT2D eigenvalue weighted by Crippen LogP contribution is -2.42. The second-order valence-electron chi connectivity index (χ2n) is 8.38. The number of amides is 1. The number of rotatable bonds is 10. The van der Waals surface area contributed by atoms with E-state index in [1.54, 1.807) is 0 Å². The van der Waals surface area contributed by atoms with Crippen molar-refractivity contribution in [1.82, 2.24) is 15.5 Å². The number of guanidine groups is 1. The summed E-state index contributed by atoms with van der Waals surface area (Å²) in [4.78, 5) is 18.9. The number of nitrogens with zero attached hydrogens (tertiary/aromatic N) is 2. The average molecular weight is 431 g/mol. The maximum atomic E-state index is 12.1. The second-order valence-corrected chi connectivity index (χ2v) is 8.38. The zero-order valence-electron chi connectivity index (χ0n) is 19.3. The van der Waals surface area contributed by atoms with Gasteiger partial charge in [-0.25, -0.2) is 4.99 Å². The van der Waals surface area contributed by atoms with Gasteiger partial charge < -0.3 is 25.0 Å². The Morgan fingerprint density at radius 2 is 2.23 bits per heavy atom. The first-order valence-corrected chi connectivity index (χ1v) is 11.8. The molecule has 1 aromatic rings. The van der Waals surface area contributed by atoms with Crippen LogP contribution in [0.3, 0.4) is 0 Å². The molecular formula is C24H38N4O3. The van der Waals surface area contributed by atoms with Crippen LogP contribution in [0.25, 0.3) is 0 Å². The van der Waals surface area contributed by atoms with Gasteiger partial charge in [0, 0.05) is 44.1 Å². The summed E-state index contributed by atoms with van der Waals surface area (Å²) in [5, 5.41) is 6.76. The van der Waals surface area contributed by atoms with E-state index in [-0.39, 0.29) is 6.10 Å². The van der Waals surface area contributed by atoms with Gasteiger partial charge in [0.05, 0.1) is 19.8 Å². The molecular weight excluding hydrogens is 392 g/mol. The number of ether oxygens (including phenoxy) is 2. The van der Waals surface area contributed by atoms with Gasteiger partial charge in [0.2, 0.25) is 5.91 Å². The minimum Gasteiger partial charge on any atom is -0.488 e. The van der Waals surface area contributed by atoms with Crippen LogP contribution in [0.15, 0.2) is 23.2 Å². The van der Waals surface area contributed by atoms with Crippen LogP contribution in [0.1, 0.15) is 57.1 Å². The van der Waals surface area contributed by atoms with Crippen LogP contribution in [-0.4, -0.2) is 61.8 Å². The third-order valence-electron chi connectivity index (χ3n) is 5.95. The molecule has 0 bridgehead atoms. The third-order valence-corrected chi connectivity index (χ3v) is 5.95. The summed E-state index contributed by atoms with van der Waals surface area (Å²) in [6, 6.07) is 6.58. The largest absolute Gasteiger partial charge is 0.488 e. The molecule has 7 heteroatoms. The lowest BCUT2D eigenvalue weighted by atomic mass is 10.1. The van der Waals surface area contributed by atoms with E-state index in [9.17, 15) is 4.79 Å². The van der Waals surface area contributed by atoms with Crippen molar-refractivity contribution in [3.05, 3.63) is 29.3 Å². The van der Waals surface area contributed by atoms with Crippen molar-refractivity contribution < 1.29 is 14.3 Å². The van der Waals surface area contributed by atoms with Crippen molar-refractivity contribution in [2.45, 2.75) is 71.6 Å². The highest BCUT2D eigenvalue weighted by atomic mass is 16.5. The molecule has 2 saturated heterocycles. The minimum absolute atomic E-state index is 0.121. The molecule has 2 heterocycles. The van der Waals surface area contributed by atoms with Gasteiger partial charge in [0.25, 0.3) is 0 Å². The van der Waals surface area contributed by atoms with E-state index in [1.807, 2.05) is 0 Å². The van der Waals surface area contributed by atoms with Crippen LogP contribution < -0.4 is 15.4 Å². The fraction of sp³-hybridized carbons (Fsp3) is 0.667. The van der Waals surface area contributed by atoms with E-state index < -0.39 is 0 Å². The molecule has 2 aliphatic rings. The van der Waals surface area contributed by atoms with E-state index in [0.717, 1.165) is 69.2 Å². The van der Waals surface area contributed by atoms with Gasteiger partial charge in [-0.05, 0) is 44.7 Å². The molecule has 2 unspecified atom stereocenters. The van der Waals surface area contributed by atoms with Crippen molar-refractivity contribution in [3.8, 4) is 5.75 Å². The molecule has 31 heavy (non-hydrogen) atoms. The highest BCUT2D eigenvalue weighted by Gasteiger charge is 2.26. The number of carbonyl (C=O) groups is 1. The Kier molecular flexibility index (Phi) is 9.00. The molecule has 0 aliphatic carbocycles. The molecule has 2 N–H and O–H groups in total. The number of likely N-dealkylation sites (tertiary alicyclic amines) is 1. The van der Waals surface area contributed by atoms with E-state index >= 15 is 0 Å². The fourth-order valence-corrected chi connectivity index (χ4v) is 4.19. The van der Waals surface area contributed by atoms with Crippen molar-refractivity contribution >= 4 is 11.9 Å². The first kappa shape index (κ1) is 23.4. The number of nitrogens with one attached hydrogen (secondary N) is 2. The SMILES string of the molecule is CCNC(=NCc1ccc(C)cc1OC1CCOC1)NCCC(CC)N1CCCC1=O. The van der Waals surface area contributed by atoms with Gasteiger partial charge in [-0.2, -0.15) is 0 Å². The molecule has 1 amide bonds. The molecule has 0 spiro atoms. The maximum absolute atomic E-state index is 12.1. The first-order chi connectivity index (χ1) is 15.1. The van der Waals surface area contributed by atoms with Crippen LogP contribution in [-0.2, 0) is 16.1 Å². The Balaban J connectivity index is 1.58. The van der Waals surface area contributed by atoms with Crippen LogP contribution in [0.4, 0.5) is 0 Å². The molecule has 0 aromatic heterocycles. The topological polar surface area (TPSA) is 75.2 Å². The van der Waals surface area contributed by atoms with E-state index in [0.29, 0.717) is 31.5 Å². The Hall–Kier alpha value is -2.28. The summed E-state index contributed by atoms with van der Waals surface area (Å²) in [6.45, 7) is 10.7. The predicted octanol–water partition coefficient (Wildman–Crippen LogP) is 3.01. The Morgan fingerprint density at radius 3 is 2.90 bits per heavy atom. The summed E-state index contributed by atoms with van der Waals surface area (Å²) in [7, 11) is 0. The summed E-state index contributed by atoms with van der Waals surface area (Å²) < 4.78 is 11.6. The minimum atomic E-state index is 0.121. The monoisotopic (exact) mass is 430 g/mol. The molecule has 7 nitrogen and oxygen atoms in total. The van der Waals surface area contributed by atoms with E-state index in [1.165, 1.54) is 5.56 Å². The zero-order valence-corrected chi connectivity index (χ0v) is 19.3. The maximum Gasteiger partial charge on any atom is 0.222 e. The van der Waals surface area contributed by atoms with Gasteiger partial charge in [0.15, 0.2) is 5.96 Å². The van der Waals surface area contributed by atoms with Gasteiger partial charge >= 0.3 is 0 Å². The smallest absolute Gasteiger partial charge is 0.222 e. The summed E-state index contributed by atoms with van der Waals surface area (Å²) >= 11 is 0. The van der Waals surface area contributed by atoms with Gasteiger partial charge in [-0.3, -0.25) is 4.79 Å². The second kappa shape index (κ2) is 11.9. The lowest BCUT2D eigenvalue weighted by molar-refractivity contribution is -0.129. The van der Waals surface area contributed by atoms with Crippen LogP contribution in [0.2, 0.25) is 0 Å². The van der Waals surface area contributed by atoms with Gasteiger partial charge in [-0.15, -0.1) is 0 Å². The van der Waals surface area contributed by atoms with Crippen LogP contribution in [0.5, 0.6) is 5.75 Å². The Morgan fingerprint density at radius 1 is 1.35 bits per heavy atom. The molecule has 2 atom stereocenters. The lowest BCUT2D eigenvalue weighted by Gasteiger charge is -2.27. The number of aryl methyl sites for hydroxylation is 1. The summed E-state index contributed by atoms with van der Waals surface area (Å²) in [5.41, 5.74) is 2.25. The highest BCUT2D eigenvalue weighted by Crippen LogP contribution is 2.24. The van der Waals surface area contributed by atoms with Gasteiger partial charge in [0.1, 0.15) is 11.9 Å². The van der Waals surface area contributed by atoms with Crippen molar-refractivity contribution in [3.63, 3.8) is 0 Å². The molecule has 2 fully saturated rings. The summed E-state index contributed by atoms with van der Waals surface area (Å²) in [6.07, 6.45) is 4.64. The third kappa shape index (κ3) is 6.86. The quantitative estimate of drug-likeness (QED) is 0.441. The average Bonchev–Trinajstić information content (AvgIpc) is 3.42. The van der Waals surface area contributed by atoms with Crippen molar-refractivity contribution in [1.29, 1.82) is 0 Å². The van der Waals surface area contributed by atoms with Crippen molar-refractivity contribution in [2.75, 3.05) is 32.8 Å². The van der Waals surface area contributed by atoms with Crippen LogP contribution >= 0.6 is 0 Å². The molecule has 2 aliphatic heterocycles. The number of carbonyl (C=O) groups excluding carboxylic acids is 1. The first-order valence-electron chi connectivity index (χ1n) is 11.8. The van der Waals surface area contributed by atoms with Gasteiger partial charge in [-0.1, -0.05) is 19.1 Å². The standard InChI is InChI=1S/C24H38N4O3/c1-4-20(28-13-6-7-23(28)29)10-12-26-24(25-5-2)27-16-19-9-8-18(3)15-22(19)31-21-11-14-30-17-21/h8-9,15,20-21H,4-7,10-14,16-17H2,1-3H3,(H2,25,26,27). The van der Waals surface area contributed by atoms with Crippen molar-refractivity contribution in [2.24, 2.45) is 4.99 Å². The highest BCUT2D eigenvalue weighted by molar-refractivity contribution is 5.80. The predicted molar refractivity (Wildman–Crippen MR) is 123 cm³/mol. The Bertz CT molecular complexity index is 746. The van der Waals surface area contributed by atoms with E-state index in [4.69, 9.17) is 14.5 Å². The molecule has 3 rings (SSSR count). The normalized spacial score (nSPS) is 20.2. The summed E-state index contributed by atoms with van der Waals surface area (Å²) in [5.74, 6) is 1.99. The number of benzene rings is 1. The number of aliphatic imine (C=N–C) groups is 1. The molecule has 1 aromatic carbocycles.